The third kappa shape index (κ3) is 3.90. The zero-order valence-corrected chi connectivity index (χ0v) is 13.3. The van der Waals surface area contributed by atoms with Gasteiger partial charge in [-0.3, -0.25) is 4.79 Å². The van der Waals surface area contributed by atoms with E-state index >= 15 is 0 Å². The summed E-state index contributed by atoms with van der Waals surface area (Å²) in [5.74, 6) is 0.905. The molecule has 2 aromatic carbocycles. The van der Waals surface area contributed by atoms with Crippen molar-refractivity contribution < 1.29 is 14.3 Å². The third-order valence-electron chi connectivity index (χ3n) is 4.08. The van der Waals surface area contributed by atoms with Crippen molar-refractivity contribution in [3.05, 3.63) is 65.7 Å². The summed E-state index contributed by atoms with van der Waals surface area (Å²) in [5.41, 5.74) is 2.09. The summed E-state index contributed by atoms with van der Waals surface area (Å²) in [6.07, 6.45) is 0.345. The lowest BCUT2D eigenvalue weighted by atomic mass is 10.1. The minimum atomic E-state index is -0.0424. The van der Waals surface area contributed by atoms with Gasteiger partial charge in [-0.15, -0.1) is 0 Å². The van der Waals surface area contributed by atoms with E-state index in [4.69, 9.17) is 9.47 Å². The molecule has 1 fully saturated rings. The van der Waals surface area contributed by atoms with Crippen LogP contribution in [0.1, 0.15) is 17.2 Å². The van der Waals surface area contributed by atoms with Gasteiger partial charge in [-0.1, -0.05) is 42.5 Å². The van der Waals surface area contributed by atoms with Gasteiger partial charge in [0.1, 0.15) is 11.9 Å². The number of benzene rings is 2. The number of rotatable bonds is 4. The Morgan fingerprint density at radius 2 is 2.04 bits per heavy atom. The topological polar surface area (TPSA) is 38.8 Å². The van der Waals surface area contributed by atoms with Gasteiger partial charge in [0.25, 0.3) is 0 Å². The van der Waals surface area contributed by atoms with Crippen molar-refractivity contribution in [3.8, 4) is 5.75 Å². The average Bonchev–Trinajstić information content (AvgIpc) is 2.63. The molecule has 23 heavy (non-hydrogen) atoms. The summed E-state index contributed by atoms with van der Waals surface area (Å²) in [6.45, 7) is 1.82. The molecule has 1 atom stereocenters. The Morgan fingerprint density at radius 3 is 2.83 bits per heavy atom. The summed E-state index contributed by atoms with van der Waals surface area (Å²) >= 11 is 0. The van der Waals surface area contributed by atoms with Crippen LogP contribution in [0.15, 0.2) is 54.6 Å². The Morgan fingerprint density at radius 1 is 1.22 bits per heavy atom. The van der Waals surface area contributed by atoms with Gasteiger partial charge < -0.3 is 14.4 Å². The zero-order chi connectivity index (χ0) is 16.1. The Bertz CT molecular complexity index is 657. The fraction of sp³-hybridized carbons (Fsp3) is 0.316. The maximum absolute atomic E-state index is 12.6. The molecule has 2 aromatic rings. The normalized spacial score (nSPS) is 17.8. The van der Waals surface area contributed by atoms with E-state index in [9.17, 15) is 4.79 Å². The number of morpholine rings is 1. The second-order valence-corrected chi connectivity index (χ2v) is 5.64. The first-order valence-electron chi connectivity index (χ1n) is 7.83. The van der Waals surface area contributed by atoms with Crippen LogP contribution in [-0.4, -0.2) is 37.6 Å². The molecule has 0 radical (unpaired) electrons. The molecule has 0 bridgehead atoms. The number of methoxy groups -OCH3 is 1. The molecule has 1 saturated heterocycles. The third-order valence-corrected chi connectivity index (χ3v) is 4.08. The van der Waals surface area contributed by atoms with Gasteiger partial charge in [0, 0.05) is 6.54 Å². The summed E-state index contributed by atoms with van der Waals surface area (Å²) in [6, 6.07) is 17.7. The molecule has 1 aliphatic rings. The molecule has 0 saturated carbocycles. The average molecular weight is 311 g/mol. The highest BCUT2D eigenvalue weighted by atomic mass is 16.5. The molecule has 0 N–H and O–H groups in total. The number of carbonyl (C=O) groups excluding carboxylic acids is 1. The van der Waals surface area contributed by atoms with E-state index in [2.05, 4.69) is 0 Å². The molecular weight excluding hydrogens is 290 g/mol. The molecule has 1 unspecified atom stereocenters. The van der Waals surface area contributed by atoms with Crippen molar-refractivity contribution in [2.24, 2.45) is 0 Å². The van der Waals surface area contributed by atoms with Crippen LogP contribution < -0.4 is 4.74 Å². The van der Waals surface area contributed by atoms with Crippen LogP contribution in [0, 0.1) is 0 Å². The van der Waals surface area contributed by atoms with E-state index in [0.717, 1.165) is 16.9 Å². The van der Waals surface area contributed by atoms with Gasteiger partial charge in [0.15, 0.2) is 0 Å². The minimum Gasteiger partial charge on any atom is -0.497 e. The minimum absolute atomic E-state index is 0.0424. The number of ether oxygens (including phenoxy) is 2. The standard InChI is InChI=1S/C19H21NO3/c1-22-17-9-5-6-15(12-17)13-19(21)20-10-11-23-18(14-20)16-7-3-2-4-8-16/h2-9,12,18H,10-11,13-14H2,1H3. The highest BCUT2D eigenvalue weighted by Crippen LogP contribution is 2.22. The molecule has 4 nitrogen and oxygen atoms in total. The number of nitrogens with zero attached hydrogens (tertiary/aromatic N) is 1. The lowest BCUT2D eigenvalue weighted by molar-refractivity contribution is -0.138. The first kappa shape index (κ1) is 15.6. The van der Waals surface area contributed by atoms with Crippen LogP contribution >= 0.6 is 0 Å². The monoisotopic (exact) mass is 311 g/mol. The Balaban J connectivity index is 1.65. The SMILES string of the molecule is COc1cccc(CC(=O)N2CCOC(c3ccccc3)C2)c1. The smallest absolute Gasteiger partial charge is 0.227 e. The van der Waals surface area contributed by atoms with Crippen molar-refractivity contribution in [1.29, 1.82) is 0 Å². The van der Waals surface area contributed by atoms with Crippen LogP contribution in [0.25, 0.3) is 0 Å². The highest BCUT2D eigenvalue weighted by molar-refractivity contribution is 5.79. The van der Waals surface area contributed by atoms with Gasteiger partial charge in [-0.2, -0.15) is 0 Å². The number of amides is 1. The molecule has 0 spiro atoms. The largest absolute Gasteiger partial charge is 0.497 e. The molecule has 1 amide bonds. The molecule has 4 heteroatoms. The molecule has 0 aromatic heterocycles. The van der Waals surface area contributed by atoms with E-state index in [0.29, 0.717) is 26.1 Å². The summed E-state index contributed by atoms with van der Waals surface area (Å²) < 4.78 is 11.0. The summed E-state index contributed by atoms with van der Waals surface area (Å²) in [7, 11) is 1.63. The van der Waals surface area contributed by atoms with Crippen LogP contribution in [0.4, 0.5) is 0 Å². The van der Waals surface area contributed by atoms with Crippen molar-refractivity contribution in [1.82, 2.24) is 4.90 Å². The Kier molecular flexibility index (Phi) is 4.93. The molecule has 3 rings (SSSR count). The van der Waals surface area contributed by atoms with E-state index in [-0.39, 0.29) is 12.0 Å². The molecule has 1 aliphatic heterocycles. The molecule has 120 valence electrons. The first-order chi connectivity index (χ1) is 11.3. The quantitative estimate of drug-likeness (QED) is 0.871. The van der Waals surface area contributed by atoms with E-state index in [1.807, 2.05) is 59.5 Å². The predicted molar refractivity (Wildman–Crippen MR) is 88.4 cm³/mol. The van der Waals surface area contributed by atoms with Crippen LogP contribution in [0.2, 0.25) is 0 Å². The van der Waals surface area contributed by atoms with E-state index in [1.54, 1.807) is 7.11 Å². The van der Waals surface area contributed by atoms with Crippen molar-refractivity contribution in [3.63, 3.8) is 0 Å². The fourth-order valence-corrected chi connectivity index (χ4v) is 2.81. The second-order valence-electron chi connectivity index (χ2n) is 5.64. The van der Waals surface area contributed by atoms with E-state index in [1.165, 1.54) is 0 Å². The van der Waals surface area contributed by atoms with Gasteiger partial charge in [-0.25, -0.2) is 0 Å². The molecule has 1 heterocycles. The molecular formula is C19H21NO3. The van der Waals surface area contributed by atoms with E-state index < -0.39 is 0 Å². The highest BCUT2D eigenvalue weighted by Gasteiger charge is 2.25. The summed E-state index contributed by atoms with van der Waals surface area (Å²) in [5, 5.41) is 0. The van der Waals surface area contributed by atoms with Crippen molar-refractivity contribution >= 4 is 5.91 Å². The van der Waals surface area contributed by atoms with Crippen molar-refractivity contribution in [2.75, 3.05) is 26.8 Å². The van der Waals surface area contributed by atoms with Gasteiger partial charge in [0.2, 0.25) is 5.91 Å². The molecule has 0 aliphatic carbocycles. The fourth-order valence-electron chi connectivity index (χ4n) is 2.81. The van der Waals surface area contributed by atoms with Gasteiger partial charge in [-0.05, 0) is 23.3 Å². The Labute approximate surface area is 136 Å². The zero-order valence-electron chi connectivity index (χ0n) is 13.3. The number of hydrogen-bond donors (Lipinski definition) is 0. The Hall–Kier alpha value is -2.33. The van der Waals surface area contributed by atoms with Crippen LogP contribution in [0.5, 0.6) is 5.75 Å². The van der Waals surface area contributed by atoms with Crippen molar-refractivity contribution in [2.45, 2.75) is 12.5 Å². The number of hydrogen-bond acceptors (Lipinski definition) is 3. The van der Waals surface area contributed by atoms with Gasteiger partial charge >= 0.3 is 0 Å². The predicted octanol–water partition coefficient (Wildman–Crippen LogP) is 2.84. The first-order valence-corrected chi connectivity index (χ1v) is 7.83. The number of carbonyl (C=O) groups is 1. The maximum atomic E-state index is 12.6. The lowest BCUT2D eigenvalue weighted by Gasteiger charge is -2.33. The lowest BCUT2D eigenvalue weighted by Crippen LogP contribution is -2.42. The maximum Gasteiger partial charge on any atom is 0.227 e. The van der Waals surface area contributed by atoms with Crippen LogP contribution in [0.3, 0.4) is 0 Å². The summed E-state index contributed by atoms with van der Waals surface area (Å²) in [4.78, 5) is 14.5. The second kappa shape index (κ2) is 7.29. The van der Waals surface area contributed by atoms with Crippen LogP contribution in [-0.2, 0) is 16.0 Å². The van der Waals surface area contributed by atoms with Gasteiger partial charge in [0.05, 0.1) is 26.7 Å².